The van der Waals surface area contributed by atoms with Gasteiger partial charge < -0.3 is 14.2 Å². The Bertz CT molecular complexity index is 251. The van der Waals surface area contributed by atoms with Gasteiger partial charge in [-0.3, -0.25) is 0 Å². The summed E-state index contributed by atoms with van der Waals surface area (Å²) >= 11 is 5.65. The third-order valence-electron chi connectivity index (χ3n) is 2.46. The molecule has 0 saturated carbocycles. The molecule has 1 fully saturated rings. The topological polar surface area (TPSA) is 27.7 Å². The molecule has 0 aromatic heterocycles. The Balaban J connectivity index is 2.37. The molecule has 0 atom stereocenters. The van der Waals surface area contributed by atoms with Crippen molar-refractivity contribution in [3.05, 3.63) is 11.8 Å². The molecule has 1 rings (SSSR count). The zero-order valence-corrected chi connectivity index (χ0v) is 11.3. The van der Waals surface area contributed by atoms with Gasteiger partial charge in [0.1, 0.15) is 0 Å². The fourth-order valence-corrected chi connectivity index (χ4v) is 1.34. The van der Waals surface area contributed by atoms with E-state index in [2.05, 4.69) is 6.92 Å². The summed E-state index contributed by atoms with van der Waals surface area (Å²) in [5.41, 5.74) is 0.932. The van der Waals surface area contributed by atoms with Crippen LogP contribution in [0.5, 0.6) is 0 Å². The third kappa shape index (κ3) is 4.32. The lowest BCUT2D eigenvalue weighted by Crippen LogP contribution is -2.47. The highest BCUT2D eigenvalue weighted by molar-refractivity contribution is 6.19. The van der Waals surface area contributed by atoms with Gasteiger partial charge in [-0.05, 0) is 26.3 Å². The molecule has 1 aliphatic heterocycles. The average molecular weight is 249 g/mol. The Kier molecular flexibility index (Phi) is 4.65. The SMILES string of the molecule is CC(=COCC1(C)COC(C)(C)OC1)CCl. The first-order valence-corrected chi connectivity index (χ1v) is 6.01. The zero-order chi connectivity index (χ0) is 12.2. The molecule has 0 unspecified atom stereocenters. The van der Waals surface area contributed by atoms with E-state index in [1.807, 2.05) is 20.8 Å². The van der Waals surface area contributed by atoms with Gasteiger partial charge >= 0.3 is 0 Å². The molecular weight excluding hydrogens is 228 g/mol. The number of alkyl halides is 1. The third-order valence-corrected chi connectivity index (χ3v) is 2.89. The molecule has 1 heterocycles. The van der Waals surface area contributed by atoms with Crippen molar-refractivity contribution in [2.45, 2.75) is 33.5 Å². The smallest absolute Gasteiger partial charge is 0.162 e. The summed E-state index contributed by atoms with van der Waals surface area (Å²) in [6.45, 7) is 9.74. The summed E-state index contributed by atoms with van der Waals surface area (Å²) in [5, 5.41) is 0. The van der Waals surface area contributed by atoms with Crippen LogP contribution in [0.15, 0.2) is 11.8 Å². The molecule has 0 N–H and O–H groups in total. The molecule has 1 saturated heterocycles. The Hall–Kier alpha value is -0.250. The summed E-state index contributed by atoms with van der Waals surface area (Å²) in [6.07, 6.45) is 1.71. The second-order valence-electron chi connectivity index (χ2n) is 5.20. The number of halogens is 1. The van der Waals surface area contributed by atoms with Gasteiger partial charge in [-0.25, -0.2) is 0 Å². The largest absolute Gasteiger partial charge is 0.500 e. The Morgan fingerprint density at radius 3 is 2.38 bits per heavy atom. The summed E-state index contributed by atoms with van der Waals surface area (Å²) in [5.74, 6) is 0.0259. The second kappa shape index (κ2) is 5.39. The average Bonchev–Trinajstić information content (AvgIpc) is 2.23. The minimum Gasteiger partial charge on any atom is -0.500 e. The molecule has 0 aromatic rings. The van der Waals surface area contributed by atoms with Crippen molar-refractivity contribution in [3.63, 3.8) is 0 Å². The fourth-order valence-electron chi connectivity index (χ4n) is 1.28. The van der Waals surface area contributed by atoms with Gasteiger partial charge in [0, 0.05) is 11.3 Å². The normalized spacial score (nSPS) is 24.2. The molecular formula is C12H21ClO3. The monoisotopic (exact) mass is 248 g/mol. The van der Waals surface area contributed by atoms with Crippen molar-refractivity contribution in [2.75, 3.05) is 25.7 Å². The van der Waals surface area contributed by atoms with Crippen LogP contribution in [0.25, 0.3) is 0 Å². The number of ether oxygens (including phenoxy) is 3. The minimum absolute atomic E-state index is 0.0847. The lowest BCUT2D eigenvalue weighted by Gasteiger charge is -2.40. The van der Waals surface area contributed by atoms with E-state index < -0.39 is 5.79 Å². The number of hydrogen-bond donors (Lipinski definition) is 0. The standard InChI is InChI=1S/C12H21ClO3/c1-10(5-13)6-14-7-12(4)8-15-11(2,3)16-9-12/h6H,5,7-9H2,1-4H3. The maximum atomic E-state index is 5.65. The maximum absolute atomic E-state index is 5.65. The molecule has 0 amide bonds. The van der Waals surface area contributed by atoms with E-state index in [0.717, 1.165) is 5.57 Å². The number of rotatable bonds is 4. The van der Waals surface area contributed by atoms with E-state index in [0.29, 0.717) is 25.7 Å². The maximum Gasteiger partial charge on any atom is 0.162 e. The predicted octanol–water partition coefficient (Wildman–Crippen LogP) is 2.93. The van der Waals surface area contributed by atoms with Gasteiger partial charge in [-0.2, -0.15) is 0 Å². The summed E-state index contributed by atoms with van der Waals surface area (Å²) in [6, 6.07) is 0. The fraction of sp³-hybridized carbons (Fsp3) is 0.833. The molecule has 1 aliphatic rings. The Morgan fingerprint density at radius 2 is 1.88 bits per heavy atom. The summed E-state index contributed by atoms with van der Waals surface area (Å²) in [7, 11) is 0. The van der Waals surface area contributed by atoms with Crippen LogP contribution in [0.1, 0.15) is 27.7 Å². The van der Waals surface area contributed by atoms with Crippen LogP contribution in [-0.2, 0) is 14.2 Å². The Morgan fingerprint density at radius 1 is 1.31 bits per heavy atom. The quantitative estimate of drug-likeness (QED) is 0.566. The predicted molar refractivity (Wildman–Crippen MR) is 64.5 cm³/mol. The minimum atomic E-state index is -0.471. The highest BCUT2D eigenvalue weighted by Gasteiger charge is 2.37. The molecule has 0 aromatic carbocycles. The van der Waals surface area contributed by atoms with Crippen LogP contribution in [0.2, 0.25) is 0 Å². The van der Waals surface area contributed by atoms with Crippen molar-refractivity contribution in [1.82, 2.24) is 0 Å². The van der Waals surface area contributed by atoms with E-state index in [1.165, 1.54) is 0 Å². The van der Waals surface area contributed by atoms with E-state index in [9.17, 15) is 0 Å². The molecule has 4 heteroatoms. The van der Waals surface area contributed by atoms with Gasteiger partial charge in [0.05, 0.1) is 26.1 Å². The van der Waals surface area contributed by atoms with Gasteiger partial charge in [0.15, 0.2) is 5.79 Å². The lowest BCUT2D eigenvalue weighted by atomic mass is 9.93. The first-order chi connectivity index (χ1) is 7.37. The highest BCUT2D eigenvalue weighted by Crippen LogP contribution is 2.29. The van der Waals surface area contributed by atoms with Gasteiger partial charge in [-0.15, -0.1) is 11.6 Å². The molecule has 16 heavy (non-hydrogen) atoms. The summed E-state index contributed by atoms with van der Waals surface area (Å²) in [4.78, 5) is 0. The molecule has 3 nitrogen and oxygen atoms in total. The van der Waals surface area contributed by atoms with Crippen LogP contribution >= 0.6 is 11.6 Å². The molecule has 0 spiro atoms. The van der Waals surface area contributed by atoms with Crippen LogP contribution in [-0.4, -0.2) is 31.5 Å². The number of allylic oxidation sites excluding steroid dienone is 1. The van der Waals surface area contributed by atoms with Crippen molar-refractivity contribution < 1.29 is 14.2 Å². The van der Waals surface area contributed by atoms with Crippen molar-refractivity contribution in [1.29, 1.82) is 0 Å². The van der Waals surface area contributed by atoms with Crippen LogP contribution in [0.4, 0.5) is 0 Å². The van der Waals surface area contributed by atoms with Crippen molar-refractivity contribution in [2.24, 2.45) is 5.41 Å². The molecule has 0 radical (unpaired) electrons. The molecule has 94 valence electrons. The van der Waals surface area contributed by atoms with Gasteiger partial charge in [0.25, 0.3) is 0 Å². The van der Waals surface area contributed by atoms with E-state index in [-0.39, 0.29) is 5.41 Å². The van der Waals surface area contributed by atoms with Crippen molar-refractivity contribution >= 4 is 11.6 Å². The van der Waals surface area contributed by atoms with E-state index in [4.69, 9.17) is 25.8 Å². The van der Waals surface area contributed by atoms with Crippen LogP contribution in [0.3, 0.4) is 0 Å². The zero-order valence-electron chi connectivity index (χ0n) is 10.5. The first kappa shape index (κ1) is 13.8. The van der Waals surface area contributed by atoms with Gasteiger partial charge in [-0.1, -0.05) is 6.92 Å². The lowest BCUT2D eigenvalue weighted by molar-refractivity contribution is -0.286. The first-order valence-electron chi connectivity index (χ1n) is 5.48. The van der Waals surface area contributed by atoms with E-state index in [1.54, 1.807) is 6.26 Å². The molecule has 0 aliphatic carbocycles. The highest BCUT2D eigenvalue weighted by atomic mass is 35.5. The van der Waals surface area contributed by atoms with Crippen LogP contribution < -0.4 is 0 Å². The van der Waals surface area contributed by atoms with Crippen LogP contribution in [0, 0.1) is 5.41 Å². The van der Waals surface area contributed by atoms with Gasteiger partial charge in [0.2, 0.25) is 0 Å². The van der Waals surface area contributed by atoms with Crippen molar-refractivity contribution in [3.8, 4) is 0 Å². The number of hydrogen-bond acceptors (Lipinski definition) is 3. The van der Waals surface area contributed by atoms with E-state index >= 15 is 0 Å². The Labute approximate surface area is 103 Å². The summed E-state index contributed by atoms with van der Waals surface area (Å²) < 4.78 is 16.7. The molecule has 0 bridgehead atoms. The second-order valence-corrected chi connectivity index (χ2v) is 5.46.